The minimum atomic E-state index is -5.15. The molecule has 4 rings (SSSR count). The Kier molecular flexibility index (Phi) is 11.5. The summed E-state index contributed by atoms with van der Waals surface area (Å²) in [6.07, 6.45) is -15.6. The number of carbonyl (C=O) groups excluding carboxylic acids is 1. The van der Waals surface area contributed by atoms with E-state index in [1.54, 1.807) is 6.92 Å². The van der Waals surface area contributed by atoms with Gasteiger partial charge in [0.25, 0.3) is 0 Å². The second-order valence-electron chi connectivity index (χ2n) is 11.8. The van der Waals surface area contributed by atoms with Crippen molar-refractivity contribution in [1.82, 2.24) is 9.97 Å². The molecule has 2 heterocycles. The fourth-order valence-corrected chi connectivity index (χ4v) is 5.72. The lowest BCUT2D eigenvalue weighted by Gasteiger charge is -2.46. The predicted molar refractivity (Wildman–Crippen MR) is 163 cm³/mol. The van der Waals surface area contributed by atoms with Gasteiger partial charge < -0.3 is 20.3 Å². The number of carbonyl (C=O) groups is 2. The number of carboxylic acid groups (broad SMARTS) is 1. The van der Waals surface area contributed by atoms with Gasteiger partial charge in [-0.15, -0.1) is 0 Å². The summed E-state index contributed by atoms with van der Waals surface area (Å²) in [5.41, 5.74) is 0.105. The van der Waals surface area contributed by atoms with Gasteiger partial charge in [0.05, 0.1) is 47.5 Å². The van der Waals surface area contributed by atoms with E-state index < -0.39 is 70.8 Å². The molecule has 9 nitrogen and oxygen atoms in total. The van der Waals surface area contributed by atoms with Crippen LogP contribution in [0, 0.1) is 0 Å². The third kappa shape index (κ3) is 9.20. The smallest absolute Gasteiger partial charge is 0.416 e. The first kappa shape index (κ1) is 39.2. The summed E-state index contributed by atoms with van der Waals surface area (Å²) in [4.78, 5) is 33.7. The van der Waals surface area contributed by atoms with Gasteiger partial charge >= 0.3 is 30.6 Å². The third-order valence-corrected chi connectivity index (χ3v) is 8.26. The van der Waals surface area contributed by atoms with Crippen LogP contribution in [0.25, 0.3) is 0 Å². The number of aliphatic carboxylic acids is 1. The highest BCUT2D eigenvalue weighted by molar-refractivity contribution is 5.91. The van der Waals surface area contributed by atoms with Gasteiger partial charge in [-0.2, -0.15) is 39.5 Å². The lowest BCUT2D eigenvalue weighted by molar-refractivity contribution is -0.143. The maximum Gasteiger partial charge on any atom is 0.416 e. The molecule has 0 unspecified atom stereocenters. The predicted octanol–water partition coefficient (Wildman–Crippen LogP) is 8.32. The van der Waals surface area contributed by atoms with Crippen molar-refractivity contribution in [3.63, 3.8) is 0 Å². The normalized spacial score (nSPS) is 18.0. The Hall–Kier alpha value is -4.61. The number of amides is 1. The van der Waals surface area contributed by atoms with Crippen LogP contribution in [0.4, 0.5) is 50.0 Å². The molecule has 0 fully saturated rings. The first-order chi connectivity index (χ1) is 23.7. The van der Waals surface area contributed by atoms with Crippen molar-refractivity contribution in [3.8, 4) is 5.75 Å². The van der Waals surface area contributed by atoms with E-state index in [1.165, 1.54) is 6.92 Å². The molecule has 0 saturated carbocycles. The molecule has 0 radical (unpaired) electrons. The van der Waals surface area contributed by atoms with Crippen molar-refractivity contribution in [2.75, 3.05) is 18.1 Å². The summed E-state index contributed by atoms with van der Waals surface area (Å²) in [5, 5.41) is 8.89. The van der Waals surface area contributed by atoms with Crippen molar-refractivity contribution in [3.05, 3.63) is 81.9 Å². The van der Waals surface area contributed by atoms with Gasteiger partial charge in [-0.3, -0.25) is 9.69 Å². The van der Waals surface area contributed by atoms with Gasteiger partial charge in [0, 0.05) is 18.8 Å². The molecule has 0 aliphatic carbocycles. The Morgan fingerprint density at radius 1 is 0.941 bits per heavy atom. The summed E-state index contributed by atoms with van der Waals surface area (Å²) in [7, 11) is 0. The van der Waals surface area contributed by atoms with Crippen LogP contribution >= 0.6 is 0 Å². The molecule has 0 saturated heterocycles. The monoisotopic (exact) mass is 736 g/mol. The SMILES string of the molecule is CCOC(=O)N1c2ccc(C(F)(F)F)cc2[C@@H](c2ncc(OCCCCC(=O)O)c(Cc3cc(C(F)(F)F)cc(C(F)(F)F)c3)n2)C[C@@]1(N)CC. The summed E-state index contributed by atoms with van der Waals surface area (Å²) in [6, 6.07) is 3.59. The quantitative estimate of drug-likeness (QED) is 0.149. The fraction of sp³-hybridized carbons (Fsp3) is 0.455. The molecule has 3 aromatic rings. The molecule has 2 aromatic carbocycles. The maximum absolute atomic E-state index is 13.9. The molecule has 51 heavy (non-hydrogen) atoms. The van der Waals surface area contributed by atoms with E-state index in [1.807, 2.05) is 0 Å². The summed E-state index contributed by atoms with van der Waals surface area (Å²) in [5.74, 6) is -2.59. The topological polar surface area (TPSA) is 128 Å². The minimum Gasteiger partial charge on any atom is -0.490 e. The second-order valence-corrected chi connectivity index (χ2v) is 11.8. The number of ether oxygens (including phenoxy) is 2. The Morgan fingerprint density at radius 2 is 1.57 bits per heavy atom. The Balaban J connectivity index is 1.89. The number of hydrogen-bond donors (Lipinski definition) is 2. The van der Waals surface area contributed by atoms with Crippen molar-refractivity contribution in [1.29, 1.82) is 0 Å². The standard InChI is InChI=1S/C33H33F9N4O5/c1-3-30(43)16-23(22-15-19(31(34,35)36)8-9-25(22)46(30)29(49)50-4-2)28-44-17-26(51-10-6-5-7-27(47)48)24(45-28)13-18-11-20(32(37,38)39)14-21(12-18)33(40,41)42/h8-9,11-12,14-15,17,23H,3-7,10,13,16,43H2,1-2H3,(H,47,48)/t23-,30+/m0/s1. The third-order valence-electron chi connectivity index (χ3n) is 8.26. The number of fused-ring (bicyclic) bond motifs is 1. The highest BCUT2D eigenvalue weighted by atomic mass is 19.4. The summed E-state index contributed by atoms with van der Waals surface area (Å²) < 4.78 is 135. The van der Waals surface area contributed by atoms with Crippen molar-refractivity contribution in [2.45, 2.75) is 82.5 Å². The number of nitrogens with two attached hydrogens (primary N) is 1. The van der Waals surface area contributed by atoms with E-state index in [2.05, 4.69) is 9.97 Å². The zero-order chi connectivity index (χ0) is 37.9. The van der Waals surface area contributed by atoms with E-state index in [0.29, 0.717) is 12.1 Å². The molecular formula is C33H33F9N4O5. The first-order valence-electron chi connectivity index (χ1n) is 15.6. The van der Waals surface area contributed by atoms with Crippen LogP contribution in [-0.4, -0.2) is 46.0 Å². The highest BCUT2D eigenvalue weighted by Gasteiger charge is 2.47. The van der Waals surface area contributed by atoms with E-state index in [9.17, 15) is 49.1 Å². The van der Waals surface area contributed by atoms with Crippen LogP contribution in [0.1, 0.15) is 91.2 Å². The number of unbranched alkanes of at least 4 members (excludes halogenated alkanes) is 1. The van der Waals surface area contributed by atoms with E-state index in [-0.39, 0.29) is 79.9 Å². The molecule has 1 aliphatic rings. The van der Waals surface area contributed by atoms with Crippen LogP contribution in [-0.2, 0) is 34.5 Å². The number of anilines is 1. The zero-order valence-corrected chi connectivity index (χ0v) is 27.2. The maximum atomic E-state index is 13.9. The first-order valence-corrected chi connectivity index (χ1v) is 15.6. The van der Waals surface area contributed by atoms with Gasteiger partial charge in [0.1, 0.15) is 11.5 Å². The number of carboxylic acids is 1. The van der Waals surface area contributed by atoms with Crippen LogP contribution < -0.4 is 15.4 Å². The van der Waals surface area contributed by atoms with Gasteiger partial charge in [-0.1, -0.05) is 6.92 Å². The second kappa shape index (κ2) is 14.9. The number of halogens is 9. The number of rotatable bonds is 11. The van der Waals surface area contributed by atoms with E-state index >= 15 is 0 Å². The molecule has 3 N–H and O–H groups in total. The summed E-state index contributed by atoms with van der Waals surface area (Å²) in [6.45, 7) is 2.94. The van der Waals surface area contributed by atoms with Crippen LogP contribution in [0.3, 0.4) is 0 Å². The number of alkyl halides is 9. The highest BCUT2D eigenvalue weighted by Crippen LogP contribution is 2.47. The summed E-state index contributed by atoms with van der Waals surface area (Å²) >= 11 is 0. The molecule has 1 amide bonds. The van der Waals surface area contributed by atoms with E-state index in [0.717, 1.165) is 29.3 Å². The lowest BCUT2D eigenvalue weighted by atomic mass is 9.80. The molecule has 0 spiro atoms. The average molecular weight is 737 g/mol. The van der Waals surface area contributed by atoms with Gasteiger partial charge in [-0.25, -0.2) is 14.8 Å². The Bertz CT molecular complexity index is 1710. The number of nitrogens with zero attached hydrogens (tertiary/aromatic N) is 3. The largest absolute Gasteiger partial charge is 0.490 e. The number of benzene rings is 2. The lowest BCUT2D eigenvalue weighted by Crippen LogP contribution is -2.61. The van der Waals surface area contributed by atoms with Crippen LogP contribution in [0.15, 0.2) is 42.6 Å². The molecule has 18 heteroatoms. The van der Waals surface area contributed by atoms with Crippen molar-refractivity contribution in [2.24, 2.45) is 5.73 Å². The van der Waals surface area contributed by atoms with Crippen molar-refractivity contribution >= 4 is 17.7 Å². The minimum absolute atomic E-state index is 0.0349. The number of hydrogen-bond acceptors (Lipinski definition) is 7. The molecule has 1 aliphatic heterocycles. The Morgan fingerprint density at radius 3 is 2.12 bits per heavy atom. The molecule has 2 atom stereocenters. The van der Waals surface area contributed by atoms with Crippen molar-refractivity contribution < 1.29 is 63.7 Å². The van der Waals surface area contributed by atoms with Gasteiger partial charge in [-0.05, 0) is 80.1 Å². The average Bonchev–Trinajstić information content (AvgIpc) is 3.03. The molecule has 0 bridgehead atoms. The fourth-order valence-electron chi connectivity index (χ4n) is 5.72. The molecule has 278 valence electrons. The van der Waals surface area contributed by atoms with Gasteiger partial charge in [0.2, 0.25) is 0 Å². The van der Waals surface area contributed by atoms with Crippen LogP contribution in [0.5, 0.6) is 5.75 Å². The number of aromatic nitrogens is 2. The van der Waals surface area contributed by atoms with Gasteiger partial charge in [0.15, 0.2) is 5.75 Å². The van der Waals surface area contributed by atoms with Crippen LogP contribution in [0.2, 0.25) is 0 Å². The zero-order valence-electron chi connectivity index (χ0n) is 27.2. The van der Waals surface area contributed by atoms with E-state index in [4.69, 9.17) is 20.3 Å². The molecular weight excluding hydrogens is 703 g/mol. The Labute approximate surface area is 285 Å². The molecule has 1 aromatic heterocycles.